The van der Waals surface area contributed by atoms with E-state index in [0.29, 0.717) is 37.9 Å². The normalized spacial score (nSPS) is 17.3. The highest BCUT2D eigenvalue weighted by Crippen LogP contribution is 2.40. The Labute approximate surface area is 233 Å². The van der Waals surface area contributed by atoms with Crippen molar-refractivity contribution in [2.45, 2.75) is 82.5 Å². The highest BCUT2D eigenvalue weighted by Gasteiger charge is 2.35. The van der Waals surface area contributed by atoms with E-state index < -0.39 is 23.7 Å². The van der Waals surface area contributed by atoms with E-state index in [1.165, 1.54) is 29.2 Å². The van der Waals surface area contributed by atoms with Crippen molar-refractivity contribution in [3.05, 3.63) is 47.4 Å². The lowest BCUT2D eigenvalue weighted by Crippen LogP contribution is -2.42. The number of nitrogens with zero attached hydrogens (tertiary/aromatic N) is 6. The Morgan fingerprint density at radius 3 is 2.51 bits per heavy atom. The number of piperidine rings is 1. The Morgan fingerprint density at radius 1 is 1.10 bits per heavy atom. The maximum Gasteiger partial charge on any atom is 0.417 e. The Bertz CT molecular complexity index is 1370. The van der Waals surface area contributed by atoms with E-state index in [9.17, 15) is 27.6 Å². The molecule has 218 valence electrons. The predicted molar refractivity (Wildman–Crippen MR) is 139 cm³/mol. The Kier molecular flexibility index (Phi) is 8.45. The van der Waals surface area contributed by atoms with Gasteiger partial charge in [0, 0.05) is 37.4 Å². The SMILES string of the molecule is O=C(N[C@@H](CCCN1C(=O)CCCC1=O)Cc1nn[nH]n1)c1cc(-c2ccccc2C(F)(F)F)n(C2CCCC2)n1. The number of likely N-dealkylation sites (tertiary alicyclic amines) is 1. The van der Waals surface area contributed by atoms with Gasteiger partial charge in [0.1, 0.15) is 0 Å². The molecule has 2 N–H and O–H groups in total. The molecule has 1 aromatic carbocycles. The van der Waals surface area contributed by atoms with E-state index in [4.69, 9.17) is 0 Å². The van der Waals surface area contributed by atoms with Crippen LogP contribution in [0, 0.1) is 0 Å². The van der Waals surface area contributed by atoms with Crippen molar-refractivity contribution in [3.8, 4) is 11.3 Å². The van der Waals surface area contributed by atoms with Gasteiger partial charge in [0.05, 0.1) is 17.3 Å². The number of hydrogen-bond donors (Lipinski definition) is 2. The van der Waals surface area contributed by atoms with Crippen LogP contribution in [0.15, 0.2) is 30.3 Å². The highest BCUT2D eigenvalue weighted by molar-refractivity contribution is 5.97. The van der Waals surface area contributed by atoms with Crippen LogP contribution in [0.3, 0.4) is 0 Å². The largest absolute Gasteiger partial charge is 0.417 e. The summed E-state index contributed by atoms with van der Waals surface area (Å²) in [7, 11) is 0. The first-order valence-corrected chi connectivity index (χ1v) is 13.8. The number of hydrogen-bond acceptors (Lipinski definition) is 7. The monoisotopic (exact) mass is 572 g/mol. The molecule has 2 aromatic heterocycles. The topological polar surface area (TPSA) is 139 Å². The first kappa shape index (κ1) is 28.4. The molecule has 1 aliphatic carbocycles. The van der Waals surface area contributed by atoms with Crippen LogP contribution in [-0.2, 0) is 22.2 Å². The molecule has 11 nitrogen and oxygen atoms in total. The molecular formula is C27H31F3N8O3. The van der Waals surface area contributed by atoms with Crippen molar-refractivity contribution in [2.24, 2.45) is 0 Å². The Hall–Kier alpha value is -4.10. The molecule has 3 heterocycles. The first-order valence-electron chi connectivity index (χ1n) is 13.8. The van der Waals surface area contributed by atoms with Crippen molar-refractivity contribution in [3.63, 3.8) is 0 Å². The third kappa shape index (κ3) is 6.63. The van der Waals surface area contributed by atoms with Crippen molar-refractivity contribution in [2.75, 3.05) is 6.54 Å². The van der Waals surface area contributed by atoms with E-state index in [-0.39, 0.29) is 47.8 Å². The van der Waals surface area contributed by atoms with Crippen molar-refractivity contribution < 1.29 is 27.6 Å². The number of halogens is 3. The number of H-pyrrole nitrogens is 1. The summed E-state index contributed by atoms with van der Waals surface area (Å²) in [5.74, 6) is -0.601. The van der Waals surface area contributed by atoms with Gasteiger partial charge in [-0.2, -0.15) is 23.5 Å². The molecule has 1 saturated carbocycles. The van der Waals surface area contributed by atoms with E-state index in [2.05, 4.69) is 31.0 Å². The van der Waals surface area contributed by atoms with Gasteiger partial charge in [-0.15, -0.1) is 10.2 Å². The summed E-state index contributed by atoms with van der Waals surface area (Å²) in [5, 5.41) is 21.3. The molecule has 3 aromatic rings. The van der Waals surface area contributed by atoms with Gasteiger partial charge >= 0.3 is 6.18 Å². The summed E-state index contributed by atoms with van der Waals surface area (Å²) in [6.07, 6.45) is 1.07. The zero-order valence-electron chi connectivity index (χ0n) is 22.4. The minimum atomic E-state index is -4.57. The van der Waals surface area contributed by atoms with Crippen LogP contribution in [0.4, 0.5) is 13.2 Å². The smallest absolute Gasteiger partial charge is 0.347 e. The molecule has 14 heteroatoms. The number of alkyl halides is 3. The predicted octanol–water partition coefficient (Wildman–Crippen LogP) is 3.86. The van der Waals surface area contributed by atoms with E-state index in [1.807, 2.05) is 0 Å². The fourth-order valence-corrected chi connectivity index (χ4v) is 5.61. The summed E-state index contributed by atoms with van der Waals surface area (Å²) in [6.45, 7) is 0.227. The molecule has 2 fully saturated rings. The standard InChI is InChI=1S/C27H31F3N8O3/c28-27(29,30)20-11-4-3-10-19(20)22-16-21(34-38(22)18-8-1-2-9-18)26(41)31-17(15-23-32-35-36-33-23)7-6-14-37-24(39)12-5-13-25(37)40/h3-4,10-11,16-18H,1-2,5-9,12-15H2,(H,31,41)(H,32,33,35,36)/t17-/m0/s1. The number of imide groups is 1. The zero-order valence-corrected chi connectivity index (χ0v) is 22.4. The van der Waals surface area contributed by atoms with Gasteiger partial charge < -0.3 is 5.32 Å². The average Bonchev–Trinajstić information content (AvgIpc) is 3.72. The van der Waals surface area contributed by atoms with Crippen molar-refractivity contribution >= 4 is 17.7 Å². The molecule has 0 bridgehead atoms. The lowest BCUT2D eigenvalue weighted by Gasteiger charge is -2.25. The second-order valence-electron chi connectivity index (χ2n) is 10.5. The summed E-state index contributed by atoms with van der Waals surface area (Å²) in [4.78, 5) is 39.0. The lowest BCUT2D eigenvalue weighted by molar-refractivity contribution is -0.148. The first-order chi connectivity index (χ1) is 19.7. The van der Waals surface area contributed by atoms with Crippen molar-refractivity contribution in [1.82, 2.24) is 40.6 Å². The molecule has 41 heavy (non-hydrogen) atoms. The minimum Gasteiger partial charge on any atom is -0.347 e. The molecule has 1 aliphatic heterocycles. The number of carbonyl (C=O) groups is 3. The minimum absolute atomic E-state index is 0.00313. The number of carbonyl (C=O) groups excluding carboxylic acids is 3. The molecule has 0 radical (unpaired) electrons. The van der Waals surface area contributed by atoms with Crippen LogP contribution in [-0.4, -0.2) is 65.6 Å². The average molecular weight is 573 g/mol. The summed E-state index contributed by atoms with van der Waals surface area (Å²) in [6, 6.07) is 6.10. The summed E-state index contributed by atoms with van der Waals surface area (Å²) in [5.41, 5.74) is -0.573. The lowest BCUT2D eigenvalue weighted by atomic mass is 10.0. The van der Waals surface area contributed by atoms with E-state index >= 15 is 0 Å². The van der Waals surface area contributed by atoms with Gasteiger partial charge in [0.15, 0.2) is 11.5 Å². The number of aromatic amines is 1. The summed E-state index contributed by atoms with van der Waals surface area (Å²) >= 11 is 0. The molecule has 2 aliphatic rings. The van der Waals surface area contributed by atoms with Gasteiger partial charge in [0.2, 0.25) is 11.8 Å². The third-order valence-electron chi connectivity index (χ3n) is 7.62. The van der Waals surface area contributed by atoms with E-state index in [1.54, 1.807) is 4.68 Å². The number of tetrazole rings is 1. The van der Waals surface area contributed by atoms with Crippen LogP contribution < -0.4 is 5.32 Å². The van der Waals surface area contributed by atoms with Gasteiger partial charge in [0.25, 0.3) is 5.91 Å². The molecule has 1 atom stereocenters. The van der Waals surface area contributed by atoms with Crippen molar-refractivity contribution in [1.29, 1.82) is 0 Å². The zero-order chi connectivity index (χ0) is 29.0. The molecule has 1 saturated heterocycles. The number of nitrogens with one attached hydrogen (secondary N) is 2. The molecule has 0 unspecified atom stereocenters. The van der Waals surface area contributed by atoms with Crippen LogP contribution in [0.2, 0.25) is 0 Å². The van der Waals surface area contributed by atoms with Crippen LogP contribution in [0.25, 0.3) is 11.3 Å². The summed E-state index contributed by atoms with van der Waals surface area (Å²) < 4.78 is 43.2. The fourth-order valence-electron chi connectivity index (χ4n) is 5.61. The maximum atomic E-state index is 13.9. The van der Waals surface area contributed by atoms with Crippen LogP contribution in [0.1, 0.15) is 85.7 Å². The highest BCUT2D eigenvalue weighted by atomic mass is 19.4. The Morgan fingerprint density at radius 2 is 1.83 bits per heavy atom. The molecule has 0 spiro atoms. The quantitative estimate of drug-likeness (QED) is 0.352. The van der Waals surface area contributed by atoms with Gasteiger partial charge in [-0.1, -0.05) is 36.3 Å². The molecule has 3 amide bonds. The molecule has 5 rings (SSSR count). The van der Waals surface area contributed by atoms with Gasteiger partial charge in [-0.05, 0) is 44.2 Å². The number of aromatic nitrogens is 6. The van der Waals surface area contributed by atoms with Gasteiger partial charge in [-0.3, -0.25) is 24.0 Å². The second kappa shape index (κ2) is 12.2. The van der Waals surface area contributed by atoms with Crippen LogP contribution >= 0.6 is 0 Å². The third-order valence-corrected chi connectivity index (χ3v) is 7.62. The second-order valence-corrected chi connectivity index (χ2v) is 10.5. The van der Waals surface area contributed by atoms with Gasteiger partial charge in [-0.25, -0.2) is 0 Å². The molecular weight excluding hydrogens is 541 g/mol. The maximum absolute atomic E-state index is 13.9. The number of benzene rings is 1. The fraction of sp³-hybridized carbons (Fsp3) is 0.519. The van der Waals surface area contributed by atoms with Crippen LogP contribution in [0.5, 0.6) is 0 Å². The van der Waals surface area contributed by atoms with E-state index in [0.717, 1.165) is 31.7 Å². The number of rotatable bonds is 10. The number of amides is 3. The Balaban J connectivity index is 1.37.